The van der Waals surface area contributed by atoms with Gasteiger partial charge < -0.3 is 39.9 Å². The van der Waals surface area contributed by atoms with Crippen LogP contribution >= 0.6 is 0 Å². The van der Waals surface area contributed by atoms with E-state index in [1.807, 2.05) is 43.0 Å². The van der Waals surface area contributed by atoms with E-state index in [1.165, 1.54) is 14.2 Å². The predicted molar refractivity (Wildman–Crippen MR) is 230 cm³/mol. The molecule has 4 fully saturated rings. The molecule has 318 valence electrons. The van der Waals surface area contributed by atoms with E-state index in [0.29, 0.717) is 18.9 Å². The Kier molecular flexibility index (Phi) is 10.6. The standard InChI is InChI=1S/C47H54N8O6/c1-6-35(52-45(58)60-4)43(56)55-34-16-15-33(21-34)40(55)42-49-23-36(51-42)28-9-7-27(8-10-28)29-11-12-31-20-32(14-13-30(31)19-29)37-24-48-41(50-37)38-22-47(17-18-47)25-54(38)44(57)39(26(2)3)53-46(59)61-5/h7-14,19-20,23-24,26,33-35,38-40H,6,15-18,21-22,25H2,1-5H3,(H,48,50)(H,49,51)(H,52,58)(H,53,59)/t33-,34?,35-,38-,39?,40-/m0/s1. The Morgan fingerprint density at radius 2 is 1.39 bits per heavy atom. The minimum absolute atomic E-state index is 0.0884. The molecular weight excluding hydrogens is 773 g/mol. The van der Waals surface area contributed by atoms with E-state index in [2.05, 4.69) is 81.3 Å². The first-order valence-electron chi connectivity index (χ1n) is 21.5. The third kappa shape index (κ3) is 7.61. The fourth-order valence-corrected chi connectivity index (χ4v) is 10.0. The van der Waals surface area contributed by atoms with Crippen molar-refractivity contribution in [3.05, 3.63) is 84.7 Å². The molecule has 4 N–H and O–H groups in total. The van der Waals surface area contributed by atoms with Gasteiger partial charge in [0.05, 0.1) is 50.1 Å². The van der Waals surface area contributed by atoms with Crippen molar-refractivity contribution in [2.45, 2.75) is 95.9 Å². The normalized spacial score (nSPS) is 22.1. The molecule has 2 bridgehead atoms. The summed E-state index contributed by atoms with van der Waals surface area (Å²) in [4.78, 5) is 72.3. The Morgan fingerprint density at radius 3 is 2.07 bits per heavy atom. The Labute approximate surface area is 355 Å². The summed E-state index contributed by atoms with van der Waals surface area (Å²) in [6, 6.07) is 19.7. The first kappa shape index (κ1) is 40.2. The van der Waals surface area contributed by atoms with E-state index >= 15 is 0 Å². The smallest absolute Gasteiger partial charge is 0.407 e. The van der Waals surface area contributed by atoms with Crippen LogP contribution in [0.5, 0.6) is 0 Å². The highest BCUT2D eigenvalue weighted by Gasteiger charge is 2.55. The highest BCUT2D eigenvalue weighted by atomic mass is 16.5. The largest absolute Gasteiger partial charge is 0.453 e. The summed E-state index contributed by atoms with van der Waals surface area (Å²) in [7, 11) is 2.61. The summed E-state index contributed by atoms with van der Waals surface area (Å²) >= 11 is 0. The van der Waals surface area contributed by atoms with Gasteiger partial charge >= 0.3 is 12.2 Å². The van der Waals surface area contributed by atoms with Crippen molar-refractivity contribution in [3.8, 4) is 33.6 Å². The SMILES string of the molecule is CC[C@H](NC(=O)OC)C(=O)N1C2CC[C@@H](C2)[C@H]1c1ncc(-c2ccc(-c3ccc4cc(-c5cnc([C@@H]6CC7(CC7)CN6C(=O)C(NC(=O)OC)C(C)C)[nH]5)ccc4c3)cc2)[nH]1. The zero-order chi connectivity index (χ0) is 42.6. The number of methoxy groups -OCH3 is 2. The van der Waals surface area contributed by atoms with E-state index in [1.54, 1.807) is 0 Å². The average Bonchev–Trinajstić information content (AvgIpc) is 3.91. The third-order valence-corrected chi connectivity index (χ3v) is 13.6. The van der Waals surface area contributed by atoms with Crippen LogP contribution in [0.4, 0.5) is 9.59 Å². The van der Waals surface area contributed by atoms with Crippen LogP contribution < -0.4 is 10.6 Å². The van der Waals surface area contributed by atoms with Gasteiger partial charge in [0.2, 0.25) is 11.8 Å². The maximum atomic E-state index is 13.9. The maximum absolute atomic E-state index is 13.9. The lowest BCUT2D eigenvalue weighted by molar-refractivity contribution is -0.138. The Morgan fingerprint density at radius 1 is 0.787 bits per heavy atom. The van der Waals surface area contributed by atoms with E-state index in [0.717, 1.165) is 94.6 Å². The van der Waals surface area contributed by atoms with Gasteiger partial charge in [-0.3, -0.25) is 9.59 Å². The molecule has 2 unspecified atom stereocenters. The molecule has 2 saturated carbocycles. The number of nitrogens with zero attached hydrogens (tertiary/aromatic N) is 4. The highest BCUT2D eigenvalue weighted by Crippen LogP contribution is 2.58. The van der Waals surface area contributed by atoms with Gasteiger partial charge in [-0.05, 0) is 102 Å². The number of rotatable bonds is 11. The molecule has 2 saturated heterocycles. The Bertz CT molecular complexity index is 2470. The first-order chi connectivity index (χ1) is 29.5. The van der Waals surface area contributed by atoms with Gasteiger partial charge in [-0.2, -0.15) is 0 Å². The lowest BCUT2D eigenvalue weighted by Crippen LogP contribution is -2.51. The third-order valence-electron chi connectivity index (χ3n) is 13.6. The lowest BCUT2D eigenvalue weighted by atomic mass is 9.97. The van der Waals surface area contributed by atoms with Gasteiger partial charge in [-0.15, -0.1) is 0 Å². The van der Waals surface area contributed by atoms with Gasteiger partial charge in [-0.1, -0.05) is 69.3 Å². The molecule has 2 aliphatic carbocycles. The molecule has 2 aromatic heterocycles. The van der Waals surface area contributed by atoms with Crippen molar-refractivity contribution in [2.75, 3.05) is 20.8 Å². The van der Waals surface area contributed by atoms with Crippen LogP contribution in [0, 0.1) is 17.3 Å². The number of imidazole rings is 2. The number of hydrogen-bond donors (Lipinski definition) is 4. The van der Waals surface area contributed by atoms with Crippen molar-refractivity contribution in [2.24, 2.45) is 17.3 Å². The second-order valence-corrected chi connectivity index (χ2v) is 17.8. The minimum atomic E-state index is -0.686. The minimum Gasteiger partial charge on any atom is -0.453 e. The summed E-state index contributed by atoms with van der Waals surface area (Å²) in [5.41, 5.74) is 6.09. The van der Waals surface area contributed by atoms with E-state index in [4.69, 9.17) is 19.4 Å². The summed E-state index contributed by atoms with van der Waals surface area (Å²) in [5, 5.41) is 7.68. The second-order valence-electron chi connectivity index (χ2n) is 17.8. The second kappa shape index (κ2) is 16.0. The van der Waals surface area contributed by atoms with Crippen molar-refractivity contribution in [1.82, 2.24) is 40.4 Å². The van der Waals surface area contributed by atoms with Gasteiger partial charge in [-0.25, -0.2) is 19.6 Å². The number of aromatic amines is 2. The first-order valence-corrected chi connectivity index (χ1v) is 21.5. The zero-order valence-corrected chi connectivity index (χ0v) is 35.4. The van der Waals surface area contributed by atoms with Crippen molar-refractivity contribution in [3.63, 3.8) is 0 Å². The molecule has 14 nitrogen and oxygen atoms in total. The number of hydrogen-bond acceptors (Lipinski definition) is 8. The van der Waals surface area contributed by atoms with E-state index in [-0.39, 0.29) is 41.3 Å². The van der Waals surface area contributed by atoms with Gasteiger partial charge in [0.15, 0.2) is 0 Å². The van der Waals surface area contributed by atoms with Crippen LogP contribution in [0.2, 0.25) is 0 Å². The van der Waals surface area contributed by atoms with Gasteiger partial charge in [0.25, 0.3) is 0 Å². The van der Waals surface area contributed by atoms with Crippen LogP contribution in [-0.4, -0.2) is 92.6 Å². The van der Waals surface area contributed by atoms with Crippen molar-refractivity contribution >= 4 is 34.8 Å². The average molecular weight is 827 g/mol. The zero-order valence-electron chi connectivity index (χ0n) is 35.4. The maximum Gasteiger partial charge on any atom is 0.407 e. The number of ether oxygens (including phenoxy) is 2. The van der Waals surface area contributed by atoms with Crippen LogP contribution in [-0.2, 0) is 19.1 Å². The van der Waals surface area contributed by atoms with Crippen molar-refractivity contribution in [1.29, 1.82) is 0 Å². The Balaban J connectivity index is 0.891. The number of fused-ring (bicyclic) bond motifs is 3. The number of H-pyrrole nitrogens is 2. The molecule has 9 rings (SSSR count). The van der Waals surface area contributed by atoms with E-state index in [9.17, 15) is 19.2 Å². The Hall–Kier alpha value is -6.18. The van der Waals surface area contributed by atoms with E-state index < -0.39 is 24.3 Å². The number of piperidine rings is 1. The number of likely N-dealkylation sites (tertiary alicyclic amines) is 2. The topological polar surface area (TPSA) is 175 Å². The summed E-state index contributed by atoms with van der Waals surface area (Å²) in [6.07, 6.45) is 8.92. The molecular formula is C47H54N8O6. The number of amides is 4. The molecule has 0 radical (unpaired) electrons. The molecule has 4 amide bonds. The fourth-order valence-electron chi connectivity index (χ4n) is 10.0. The van der Waals surface area contributed by atoms with Crippen molar-refractivity contribution < 1.29 is 28.7 Å². The predicted octanol–water partition coefficient (Wildman–Crippen LogP) is 7.91. The van der Waals surface area contributed by atoms with Gasteiger partial charge in [0.1, 0.15) is 23.7 Å². The monoisotopic (exact) mass is 826 g/mol. The lowest BCUT2D eigenvalue weighted by Gasteiger charge is -2.36. The number of nitrogens with one attached hydrogen (secondary N) is 4. The molecule has 5 aromatic rings. The summed E-state index contributed by atoms with van der Waals surface area (Å²) < 4.78 is 9.60. The molecule has 2 aliphatic heterocycles. The molecule has 6 atom stereocenters. The number of aromatic nitrogens is 4. The van der Waals surface area contributed by atoms with Crippen LogP contribution in [0.25, 0.3) is 44.4 Å². The molecule has 61 heavy (non-hydrogen) atoms. The number of benzene rings is 3. The molecule has 4 heterocycles. The van der Waals surface area contributed by atoms with Crippen LogP contribution in [0.15, 0.2) is 73.1 Å². The highest BCUT2D eigenvalue weighted by molar-refractivity contribution is 5.91. The summed E-state index contributed by atoms with van der Waals surface area (Å²) in [6.45, 7) is 6.40. The fraction of sp³-hybridized carbons (Fsp3) is 0.447. The number of carbonyl (C=O) groups excluding carboxylic acids is 4. The number of alkyl carbamates (subject to hydrolysis) is 2. The summed E-state index contributed by atoms with van der Waals surface area (Å²) in [5.74, 6) is 1.56. The quantitative estimate of drug-likeness (QED) is 0.104. The molecule has 1 spiro atoms. The molecule has 14 heteroatoms. The van der Waals surface area contributed by atoms with Crippen LogP contribution in [0.3, 0.4) is 0 Å². The van der Waals surface area contributed by atoms with Gasteiger partial charge in [0, 0.05) is 18.2 Å². The number of carbonyl (C=O) groups is 4. The van der Waals surface area contributed by atoms with Crippen LogP contribution in [0.1, 0.15) is 89.4 Å². The molecule has 4 aliphatic rings. The molecule has 3 aromatic carbocycles.